The fourth-order valence-electron chi connectivity index (χ4n) is 4.27. The summed E-state index contributed by atoms with van der Waals surface area (Å²) in [5.74, 6) is -1.47. The zero-order valence-corrected chi connectivity index (χ0v) is 19.1. The van der Waals surface area contributed by atoms with E-state index in [1.54, 1.807) is 0 Å². The van der Waals surface area contributed by atoms with Gasteiger partial charge in [-0.3, -0.25) is 0 Å². The van der Waals surface area contributed by atoms with Gasteiger partial charge in [0.25, 0.3) is 0 Å². The third-order valence-corrected chi connectivity index (χ3v) is 6.37. The van der Waals surface area contributed by atoms with Crippen LogP contribution in [0.2, 0.25) is 5.02 Å². The van der Waals surface area contributed by atoms with Crippen LogP contribution in [-0.2, 0) is 22.1 Å². The summed E-state index contributed by atoms with van der Waals surface area (Å²) < 4.78 is 43.8. The Morgan fingerprint density at radius 2 is 1.60 bits per heavy atom. The van der Waals surface area contributed by atoms with Crippen molar-refractivity contribution in [2.75, 3.05) is 6.61 Å². The molecule has 0 saturated heterocycles. The molecular formula is C26H21ClF3NO4. The molecule has 0 saturated carbocycles. The predicted molar refractivity (Wildman–Crippen MR) is 124 cm³/mol. The van der Waals surface area contributed by atoms with Crippen LogP contribution in [0.25, 0.3) is 11.1 Å². The molecule has 0 radical (unpaired) electrons. The second-order valence-electron chi connectivity index (χ2n) is 8.20. The van der Waals surface area contributed by atoms with E-state index in [0.29, 0.717) is 5.56 Å². The topological polar surface area (TPSA) is 75.6 Å². The smallest absolute Gasteiger partial charge is 0.416 e. The van der Waals surface area contributed by atoms with Gasteiger partial charge in [0.2, 0.25) is 0 Å². The van der Waals surface area contributed by atoms with Crippen molar-refractivity contribution in [2.24, 2.45) is 0 Å². The van der Waals surface area contributed by atoms with Crippen LogP contribution in [0.5, 0.6) is 0 Å². The second-order valence-corrected chi connectivity index (χ2v) is 8.61. The van der Waals surface area contributed by atoms with E-state index in [1.165, 1.54) is 6.07 Å². The van der Waals surface area contributed by atoms with E-state index in [-0.39, 0.29) is 30.4 Å². The van der Waals surface area contributed by atoms with E-state index in [2.05, 4.69) is 5.32 Å². The van der Waals surface area contributed by atoms with Gasteiger partial charge in [0, 0.05) is 10.9 Å². The fraction of sp³-hybridized carbons (Fsp3) is 0.231. The Morgan fingerprint density at radius 1 is 1.00 bits per heavy atom. The largest absolute Gasteiger partial charge is 0.480 e. The zero-order valence-electron chi connectivity index (χ0n) is 18.3. The minimum Gasteiger partial charge on any atom is -0.480 e. The molecule has 0 heterocycles. The third-order valence-electron chi connectivity index (χ3n) is 6.02. The first kappa shape index (κ1) is 24.6. The Kier molecular flexibility index (Phi) is 7.03. The quantitative estimate of drug-likeness (QED) is 0.397. The molecule has 182 valence electrons. The Bertz CT molecular complexity index is 1220. The standard InChI is InChI=1S/C26H21ClF3NO4/c27-22-13-16(26(28,29)30)11-9-15(22)10-12-23(24(32)33)31-25(34)35-14-21-19-7-3-1-5-17(19)18-6-2-4-8-20(18)21/h1-9,11,13,21,23H,10,12,14H2,(H,31,34)(H,32,33)/t23-/m0/s1. The number of carboxylic acid groups (broad SMARTS) is 1. The summed E-state index contributed by atoms with van der Waals surface area (Å²) in [4.78, 5) is 24.1. The molecule has 0 aliphatic heterocycles. The normalized spacial score (nSPS) is 13.6. The van der Waals surface area contributed by atoms with Crippen LogP contribution >= 0.6 is 11.6 Å². The van der Waals surface area contributed by atoms with Crippen LogP contribution in [0, 0.1) is 0 Å². The van der Waals surface area contributed by atoms with Gasteiger partial charge >= 0.3 is 18.2 Å². The van der Waals surface area contributed by atoms with Gasteiger partial charge in [0.15, 0.2) is 0 Å². The number of benzene rings is 3. The van der Waals surface area contributed by atoms with E-state index < -0.39 is 29.8 Å². The number of nitrogens with one attached hydrogen (secondary N) is 1. The molecule has 0 fully saturated rings. The minimum absolute atomic E-state index is 0.0247. The molecule has 1 aliphatic rings. The third kappa shape index (κ3) is 5.43. The first-order valence-corrected chi connectivity index (χ1v) is 11.2. The lowest BCUT2D eigenvalue weighted by Crippen LogP contribution is -2.41. The van der Waals surface area contributed by atoms with E-state index in [0.717, 1.165) is 34.4 Å². The molecular weight excluding hydrogens is 483 g/mol. The van der Waals surface area contributed by atoms with Gasteiger partial charge in [-0.1, -0.05) is 66.2 Å². The summed E-state index contributed by atoms with van der Waals surface area (Å²) in [6, 6.07) is 17.2. The molecule has 5 nitrogen and oxygen atoms in total. The van der Waals surface area contributed by atoms with Gasteiger partial charge in [-0.2, -0.15) is 13.2 Å². The van der Waals surface area contributed by atoms with Gasteiger partial charge in [-0.05, 0) is 52.8 Å². The maximum Gasteiger partial charge on any atom is 0.416 e. The first-order valence-electron chi connectivity index (χ1n) is 10.8. The van der Waals surface area contributed by atoms with E-state index in [1.807, 2.05) is 48.5 Å². The molecule has 0 unspecified atom stereocenters. The molecule has 1 amide bonds. The summed E-state index contributed by atoms with van der Waals surface area (Å²) >= 11 is 5.95. The molecule has 3 aromatic rings. The van der Waals surface area contributed by atoms with Gasteiger partial charge in [0.1, 0.15) is 12.6 Å². The summed E-state index contributed by atoms with van der Waals surface area (Å²) in [6.07, 6.45) is -5.45. The molecule has 2 N–H and O–H groups in total. The predicted octanol–water partition coefficient (Wildman–Crippen LogP) is 6.28. The molecule has 0 bridgehead atoms. The van der Waals surface area contributed by atoms with E-state index in [4.69, 9.17) is 16.3 Å². The number of fused-ring (bicyclic) bond motifs is 3. The van der Waals surface area contributed by atoms with Crippen LogP contribution < -0.4 is 5.32 Å². The van der Waals surface area contributed by atoms with Crippen LogP contribution in [0.4, 0.5) is 18.0 Å². The first-order chi connectivity index (χ1) is 16.6. The number of carbonyl (C=O) groups is 2. The van der Waals surface area contributed by atoms with Crippen molar-refractivity contribution in [2.45, 2.75) is 31.0 Å². The number of carbonyl (C=O) groups excluding carboxylic acids is 1. The number of alkyl carbamates (subject to hydrolysis) is 1. The maximum atomic E-state index is 12.8. The Morgan fingerprint density at radius 3 is 2.14 bits per heavy atom. The van der Waals surface area contributed by atoms with Crippen LogP contribution in [0.3, 0.4) is 0 Å². The highest BCUT2D eigenvalue weighted by molar-refractivity contribution is 6.31. The molecule has 9 heteroatoms. The summed E-state index contributed by atoms with van der Waals surface area (Å²) in [5.41, 5.74) is 3.63. The Labute approximate surface area is 204 Å². The number of amides is 1. The van der Waals surface area contributed by atoms with Crippen molar-refractivity contribution in [1.29, 1.82) is 0 Å². The number of rotatable bonds is 7. The van der Waals surface area contributed by atoms with E-state index >= 15 is 0 Å². The van der Waals surface area contributed by atoms with Crippen LogP contribution in [0.15, 0.2) is 66.7 Å². The number of aryl methyl sites for hydroxylation is 1. The second kappa shape index (κ2) is 10.00. The summed E-state index contributed by atoms with van der Waals surface area (Å²) in [6.45, 7) is 0.0247. The average Bonchev–Trinajstić information content (AvgIpc) is 3.14. The minimum atomic E-state index is -4.53. The lowest BCUT2D eigenvalue weighted by molar-refractivity contribution is -0.139. The number of ether oxygens (including phenoxy) is 1. The zero-order chi connectivity index (χ0) is 25.2. The van der Waals surface area contributed by atoms with Gasteiger partial charge < -0.3 is 15.2 Å². The molecule has 1 aliphatic carbocycles. The van der Waals surface area contributed by atoms with Crippen LogP contribution in [-0.4, -0.2) is 29.8 Å². The van der Waals surface area contributed by atoms with Crippen molar-refractivity contribution in [3.05, 3.63) is 94.0 Å². The summed E-state index contributed by atoms with van der Waals surface area (Å²) in [7, 11) is 0. The Hall–Kier alpha value is -3.52. The number of hydrogen-bond donors (Lipinski definition) is 2. The summed E-state index contributed by atoms with van der Waals surface area (Å²) in [5, 5.41) is 11.7. The SMILES string of the molecule is O=C(N[C@@H](CCc1ccc(C(F)(F)F)cc1Cl)C(=O)O)OCC1c2ccccc2-c2ccccc21. The van der Waals surface area contributed by atoms with Crippen LogP contribution in [0.1, 0.15) is 34.6 Å². The van der Waals surface area contributed by atoms with E-state index in [9.17, 15) is 27.9 Å². The highest BCUT2D eigenvalue weighted by atomic mass is 35.5. The lowest BCUT2D eigenvalue weighted by atomic mass is 9.98. The van der Waals surface area contributed by atoms with Crippen molar-refractivity contribution in [1.82, 2.24) is 5.32 Å². The Balaban J connectivity index is 1.38. The maximum absolute atomic E-state index is 12.8. The average molecular weight is 504 g/mol. The number of halogens is 4. The molecule has 4 rings (SSSR count). The highest BCUT2D eigenvalue weighted by Gasteiger charge is 2.32. The van der Waals surface area contributed by atoms with Gasteiger partial charge in [-0.25, -0.2) is 9.59 Å². The van der Waals surface area contributed by atoms with Crippen molar-refractivity contribution < 1.29 is 32.6 Å². The number of hydrogen-bond acceptors (Lipinski definition) is 3. The van der Waals surface area contributed by atoms with Crippen molar-refractivity contribution >= 4 is 23.7 Å². The monoisotopic (exact) mass is 503 g/mol. The highest BCUT2D eigenvalue weighted by Crippen LogP contribution is 2.44. The van der Waals surface area contributed by atoms with Crippen molar-refractivity contribution in [3.63, 3.8) is 0 Å². The number of alkyl halides is 3. The van der Waals surface area contributed by atoms with Gasteiger partial charge in [0.05, 0.1) is 5.56 Å². The van der Waals surface area contributed by atoms with Gasteiger partial charge in [-0.15, -0.1) is 0 Å². The number of aliphatic carboxylic acids is 1. The molecule has 1 atom stereocenters. The van der Waals surface area contributed by atoms with Crippen molar-refractivity contribution in [3.8, 4) is 11.1 Å². The molecule has 3 aromatic carbocycles. The fourth-order valence-corrected chi connectivity index (χ4v) is 4.54. The lowest BCUT2D eigenvalue weighted by Gasteiger charge is -2.18. The molecule has 0 spiro atoms. The molecule has 0 aromatic heterocycles. The number of carboxylic acids is 1. The molecule has 35 heavy (non-hydrogen) atoms.